The van der Waals surface area contributed by atoms with Crippen LogP contribution in [-0.4, -0.2) is 0 Å². The van der Waals surface area contributed by atoms with Crippen molar-refractivity contribution in [2.45, 2.75) is 26.5 Å². The maximum atomic E-state index is 13.3. The summed E-state index contributed by atoms with van der Waals surface area (Å²) in [5.74, 6) is 0.511. The Hall–Kier alpha value is -1.39. The first-order chi connectivity index (χ1) is 9.45. The highest BCUT2D eigenvalue weighted by Gasteiger charge is 2.06. The predicted octanol–water partition coefficient (Wildman–Crippen LogP) is 4.50. The highest BCUT2D eigenvalue weighted by Crippen LogP contribution is 2.23. The lowest BCUT2D eigenvalue weighted by Gasteiger charge is -2.12. The van der Waals surface area contributed by atoms with E-state index in [2.05, 4.69) is 15.9 Å². The molecule has 0 spiro atoms. The third kappa shape index (κ3) is 3.81. The van der Waals surface area contributed by atoms with Crippen molar-refractivity contribution in [2.75, 3.05) is 0 Å². The number of ether oxygens (including phenoxy) is 1. The van der Waals surface area contributed by atoms with E-state index in [4.69, 9.17) is 10.5 Å². The predicted molar refractivity (Wildman–Crippen MR) is 82.2 cm³/mol. The molecule has 2 rings (SSSR count). The maximum absolute atomic E-state index is 13.3. The van der Waals surface area contributed by atoms with Gasteiger partial charge in [-0.3, -0.25) is 0 Å². The van der Waals surface area contributed by atoms with Gasteiger partial charge in [-0.2, -0.15) is 0 Å². The Labute approximate surface area is 126 Å². The van der Waals surface area contributed by atoms with Crippen LogP contribution in [0.3, 0.4) is 0 Å². The number of hydrogen-bond acceptors (Lipinski definition) is 2. The number of nitrogens with two attached hydrogens (primary N) is 1. The van der Waals surface area contributed by atoms with Gasteiger partial charge in [0, 0.05) is 10.5 Å². The molecule has 0 aliphatic rings. The maximum Gasteiger partial charge on any atom is 0.124 e. The third-order valence-electron chi connectivity index (χ3n) is 3.04. The minimum Gasteiger partial charge on any atom is -0.489 e. The topological polar surface area (TPSA) is 35.2 Å². The minimum absolute atomic E-state index is 0.00178. The van der Waals surface area contributed by atoms with E-state index in [1.54, 1.807) is 0 Å². The molecule has 0 heterocycles. The molecule has 0 saturated heterocycles. The Bertz CT molecular complexity index is 593. The molecule has 2 aromatic rings. The lowest BCUT2D eigenvalue weighted by Crippen LogP contribution is -2.05. The first kappa shape index (κ1) is 15.0. The molecule has 0 radical (unpaired) electrons. The normalized spacial score (nSPS) is 12.2. The zero-order chi connectivity index (χ0) is 14.7. The second-order valence-electron chi connectivity index (χ2n) is 4.88. The van der Waals surface area contributed by atoms with Gasteiger partial charge in [-0.05, 0) is 54.8 Å². The van der Waals surface area contributed by atoms with E-state index in [1.165, 1.54) is 12.1 Å². The average Bonchev–Trinajstić information content (AvgIpc) is 2.36. The largest absolute Gasteiger partial charge is 0.489 e. The van der Waals surface area contributed by atoms with Gasteiger partial charge in [0.25, 0.3) is 0 Å². The van der Waals surface area contributed by atoms with Crippen LogP contribution in [0.5, 0.6) is 5.75 Å². The molecule has 0 bridgehead atoms. The summed E-state index contributed by atoms with van der Waals surface area (Å²) in [5, 5.41) is 0. The van der Waals surface area contributed by atoms with E-state index < -0.39 is 0 Å². The summed E-state index contributed by atoms with van der Waals surface area (Å²) in [6, 6.07) is 10.6. The van der Waals surface area contributed by atoms with Crippen molar-refractivity contribution in [1.29, 1.82) is 0 Å². The van der Waals surface area contributed by atoms with Gasteiger partial charge < -0.3 is 10.5 Å². The van der Waals surface area contributed by atoms with Crippen LogP contribution >= 0.6 is 15.9 Å². The van der Waals surface area contributed by atoms with Crippen molar-refractivity contribution in [3.63, 3.8) is 0 Å². The van der Waals surface area contributed by atoms with Gasteiger partial charge in [-0.1, -0.05) is 28.1 Å². The van der Waals surface area contributed by atoms with E-state index >= 15 is 0 Å². The van der Waals surface area contributed by atoms with Crippen LogP contribution in [0.4, 0.5) is 4.39 Å². The fourth-order valence-corrected chi connectivity index (χ4v) is 2.49. The molecule has 2 aromatic carbocycles. The number of benzene rings is 2. The Morgan fingerprint density at radius 3 is 2.60 bits per heavy atom. The molecule has 0 unspecified atom stereocenters. The van der Waals surface area contributed by atoms with Crippen LogP contribution in [-0.2, 0) is 6.61 Å². The van der Waals surface area contributed by atoms with Gasteiger partial charge in [-0.15, -0.1) is 0 Å². The highest BCUT2D eigenvalue weighted by atomic mass is 79.9. The average molecular weight is 338 g/mol. The molecule has 1 atom stereocenters. The summed E-state index contributed by atoms with van der Waals surface area (Å²) in [4.78, 5) is 0. The molecule has 4 heteroatoms. The number of aryl methyl sites for hydroxylation is 1. The summed E-state index contributed by atoms with van der Waals surface area (Å²) in [6.07, 6.45) is 0. The molecule has 0 aliphatic carbocycles. The van der Waals surface area contributed by atoms with E-state index in [0.717, 1.165) is 22.4 Å². The van der Waals surface area contributed by atoms with Crippen molar-refractivity contribution >= 4 is 15.9 Å². The Balaban J connectivity index is 2.11. The number of hydrogen-bond donors (Lipinski definition) is 1. The second-order valence-corrected chi connectivity index (χ2v) is 5.80. The molecule has 2 N–H and O–H groups in total. The van der Waals surface area contributed by atoms with Crippen LogP contribution in [0.25, 0.3) is 0 Å². The first-order valence-corrected chi connectivity index (χ1v) is 7.19. The Kier molecular flexibility index (Phi) is 4.78. The summed E-state index contributed by atoms with van der Waals surface area (Å²) in [7, 11) is 0. The van der Waals surface area contributed by atoms with Crippen LogP contribution in [0, 0.1) is 12.7 Å². The van der Waals surface area contributed by atoms with Crippen molar-refractivity contribution in [2.24, 2.45) is 5.73 Å². The van der Waals surface area contributed by atoms with Gasteiger partial charge in [-0.25, -0.2) is 4.39 Å². The Morgan fingerprint density at radius 1 is 1.25 bits per heavy atom. The van der Waals surface area contributed by atoms with Crippen LogP contribution in [0.2, 0.25) is 0 Å². The number of halogens is 2. The molecule has 0 fully saturated rings. The van der Waals surface area contributed by atoms with Crippen LogP contribution in [0.1, 0.15) is 29.7 Å². The molecular formula is C16H17BrFNO. The minimum atomic E-state index is -0.276. The fraction of sp³-hybridized carbons (Fsp3) is 0.250. The molecule has 2 nitrogen and oxygen atoms in total. The van der Waals surface area contributed by atoms with Gasteiger partial charge in [0.2, 0.25) is 0 Å². The summed E-state index contributed by atoms with van der Waals surface area (Å²) >= 11 is 3.27. The number of rotatable bonds is 4. The van der Waals surface area contributed by atoms with Crippen LogP contribution in [0.15, 0.2) is 40.9 Å². The van der Waals surface area contributed by atoms with Crippen molar-refractivity contribution in [3.8, 4) is 5.75 Å². The molecular weight excluding hydrogens is 321 g/mol. The lowest BCUT2D eigenvalue weighted by molar-refractivity contribution is 0.303. The summed E-state index contributed by atoms with van der Waals surface area (Å²) in [6.45, 7) is 4.25. The molecule has 0 amide bonds. The summed E-state index contributed by atoms with van der Waals surface area (Å²) in [5.41, 5.74) is 8.72. The van der Waals surface area contributed by atoms with E-state index in [-0.39, 0.29) is 11.9 Å². The molecule has 0 aliphatic heterocycles. The molecule has 0 aromatic heterocycles. The van der Waals surface area contributed by atoms with E-state index in [1.807, 2.05) is 38.1 Å². The zero-order valence-corrected chi connectivity index (χ0v) is 13.1. The second kappa shape index (κ2) is 6.37. The lowest BCUT2D eigenvalue weighted by atomic mass is 10.1. The molecule has 0 saturated carbocycles. The van der Waals surface area contributed by atoms with Crippen molar-refractivity contribution in [3.05, 3.63) is 63.4 Å². The van der Waals surface area contributed by atoms with Crippen LogP contribution < -0.4 is 10.5 Å². The Morgan fingerprint density at radius 2 is 2.00 bits per heavy atom. The van der Waals surface area contributed by atoms with Crippen molar-refractivity contribution in [1.82, 2.24) is 0 Å². The first-order valence-electron chi connectivity index (χ1n) is 6.39. The van der Waals surface area contributed by atoms with Gasteiger partial charge in [0.1, 0.15) is 18.2 Å². The third-order valence-corrected chi connectivity index (χ3v) is 3.50. The monoisotopic (exact) mass is 337 g/mol. The smallest absolute Gasteiger partial charge is 0.124 e. The molecule has 106 valence electrons. The fourth-order valence-electron chi connectivity index (χ4n) is 1.97. The SMILES string of the molecule is Cc1cc([C@@H](C)N)ccc1OCc1cc(F)cc(Br)c1. The molecule has 20 heavy (non-hydrogen) atoms. The van der Waals surface area contributed by atoms with Crippen molar-refractivity contribution < 1.29 is 9.13 Å². The summed E-state index contributed by atoms with van der Waals surface area (Å²) < 4.78 is 19.7. The van der Waals surface area contributed by atoms with Gasteiger partial charge in [0.05, 0.1) is 0 Å². The highest BCUT2D eigenvalue weighted by molar-refractivity contribution is 9.10. The van der Waals surface area contributed by atoms with Gasteiger partial charge >= 0.3 is 0 Å². The standard InChI is InChI=1S/C16H17BrFNO/c1-10-5-13(11(2)19)3-4-16(10)20-9-12-6-14(17)8-15(18)7-12/h3-8,11H,9,19H2,1-2H3/t11-/m1/s1. The van der Waals surface area contributed by atoms with E-state index in [9.17, 15) is 4.39 Å². The quantitative estimate of drug-likeness (QED) is 0.891. The van der Waals surface area contributed by atoms with E-state index in [0.29, 0.717) is 11.1 Å². The van der Waals surface area contributed by atoms with Gasteiger partial charge in [0.15, 0.2) is 0 Å². The zero-order valence-electron chi connectivity index (χ0n) is 11.5.